The molecule has 0 fully saturated rings. The van der Waals surface area contributed by atoms with Gasteiger partial charge in [0.2, 0.25) is 0 Å². The zero-order valence-corrected chi connectivity index (χ0v) is 13.6. The third-order valence-electron chi connectivity index (χ3n) is 4.58. The number of rotatable bonds is 6. The number of benzene rings is 2. The lowest BCUT2D eigenvalue weighted by molar-refractivity contribution is -0.137. The molecule has 3 rings (SSSR count). The van der Waals surface area contributed by atoms with Crippen LogP contribution in [0, 0.1) is 0 Å². The fourth-order valence-corrected chi connectivity index (χ4v) is 3.24. The number of carboxylic acids is 1. The van der Waals surface area contributed by atoms with Gasteiger partial charge in [-0.3, -0.25) is 9.59 Å². The highest BCUT2D eigenvalue weighted by Gasteiger charge is 2.42. The van der Waals surface area contributed by atoms with Gasteiger partial charge in [-0.2, -0.15) is 0 Å². The summed E-state index contributed by atoms with van der Waals surface area (Å²) in [4.78, 5) is 23.4. The topological polar surface area (TPSA) is 63.6 Å². The fraction of sp³-hybridized carbons (Fsp3) is 0.300. The lowest BCUT2D eigenvalue weighted by Gasteiger charge is -2.22. The predicted molar refractivity (Wildman–Crippen MR) is 90.6 cm³/mol. The summed E-state index contributed by atoms with van der Waals surface area (Å²) in [5, 5.41) is 8.64. The molecule has 0 saturated carbocycles. The van der Waals surface area contributed by atoms with Gasteiger partial charge in [-0.25, -0.2) is 0 Å². The number of Topliss-reactive ketones (excluding diaryl/α,β-unsaturated/α-hetero) is 1. The van der Waals surface area contributed by atoms with E-state index >= 15 is 0 Å². The van der Waals surface area contributed by atoms with Crippen molar-refractivity contribution in [3.63, 3.8) is 0 Å². The molecule has 24 heavy (non-hydrogen) atoms. The van der Waals surface area contributed by atoms with Crippen molar-refractivity contribution in [2.24, 2.45) is 0 Å². The minimum atomic E-state index is -0.822. The average molecular weight is 324 g/mol. The van der Waals surface area contributed by atoms with Gasteiger partial charge in [0.15, 0.2) is 5.78 Å². The molecular weight excluding hydrogens is 304 g/mol. The lowest BCUT2D eigenvalue weighted by atomic mass is 9.79. The summed E-state index contributed by atoms with van der Waals surface area (Å²) < 4.78 is 5.62. The lowest BCUT2D eigenvalue weighted by Crippen LogP contribution is -2.29. The Morgan fingerprint density at radius 1 is 1.21 bits per heavy atom. The van der Waals surface area contributed by atoms with Crippen LogP contribution in [0.15, 0.2) is 48.5 Å². The molecule has 2 aromatic carbocycles. The van der Waals surface area contributed by atoms with Gasteiger partial charge in [-0.15, -0.1) is 0 Å². The van der Waals surface area contributed by atoms with Crippen molar-refractivity contribution in [3.05, 3.63) is 65.2 Å². The highest BCUT2D eigenvalue weighted by molar-refractivity contribution is 6.08. The molecular formula is C20H20O4. The van der Waals surface area contributed by atoms with Crippen LogP contribution in [-0.2, 0) is 16.6 Å². The van der Waals surface area contributed by atoms with Crippen molar-refractivity contribution in [2.75, 3.05) is 6.61 Å². The molecule has 2 aromatic rings. The smallest absolute Gasteiger partial charge is 0.303 e. The van der Waals surface area contributed by atoms with Crippen LogP contribution >= 0.6 is 0 Å². The molecule has 4 nitrogen and oxygen atoms in total. The quantitative estimate of drug-likeness (QED) is 0.824. The number of fused-ring (bicyclic) bond motifs is 1. The van der Waals surface area contributed by atoms with Crippen LogP contribution in [0.3, 0.4) is 0 Å². The molecule has 0 amide bonds. The van der Waals surface area contributed by atoms with E-state index < -0.39 is 11.4 Å². The third kappa shape index (κ3) is 3.04. The zero-order chi connectivity index (χ0) is 17.2. The van der Waals surface area contributed by atoms with Gasteiger partial charge in [0.1, 0.15) is 5.75 Å². The second kappa shape index (κ2) is 6.48. The predicted octanol–water partition coefficient (Wildman–Crippen LogP) is 3.63. The van der Waals surface area contributed by atoms with Gasteiger partial charge in [0, 0.05) is 12.0 Å². The summed E-state index contributed by atoms with van der Waals surface area (Å²) in [6, 6.07) is 15.3. The highest BCUT2D eigenvalue weighted by atomic mass is 16.5. The number of hydrogen-bond acceptors (Lipinski definition) is 3. The van der Waals surface area contributed by atoms with E-state index in [1.165, 1.54) is 0 Å². The van der Waals surface area contributed by atoms with Crippen LogP contribution in [0.5, 0.6) is 5.75 Å². The summed E-state index contributed by atoms with van der Waals surface area (Å²) in [7, 11) is 0. The molecule has 0 spiro atoms. The maximum atomic E-state index is 12.9. The molecule has 1 aliphatic rings. The largest absolute Gasteiger partial charge is 0.494 e. The Hall–Kier alpha value is -2.62. The summed E-state index contributed by atoms with van der Waals surface area (Å²) in [6.07, 6.45) is 1.21. The van der Waals surface area contributed by atoms with E-state index in [-0.39, 0.29) is 12.2 Å². The van der Waals surface area contributed by atoms with Crippen molar-refractivity contribution in [2.45, 2.75) is 31.6 Å². The van der Waals surface area contributed by atoms with E-state index in [4.69, 9.17) is 9.84 Å². The number of carbonyl (C=O) groups excluding carboxylic acids is 1. The molecule has 1 aliphatic carbocycles. The van der Waals surface area contributed by atoms with Gasteiger partial charge in [0.05, 0.1) is 12.0 Å². The van der Waals surface area contributed by atoms with E-state index in [0.717, 1.165) is 16.7 Å². The molecule has 124 valence electrons. The highest BCUT2D eigenvalue weighted by Crippen LogP contribution is 2.40. The summed E-state index contributed by atoms with van der Waals surface area (Å²) in [5.74, 6) is 0.00200. The van der Waals surface area contributed by atoms with Gasteiger partial charge < -0.3 is 9.84 Å². The van der Waals surface area contributed by atoms with Gasteiger partial charge >= 0.3 is 5.97 Å². The molecule has 0 heterocycles. The zero-order valence-electron chi connectivity index (χ0n) is 13.6. The summed E-state index contributed by atoms with van der Waals surface area (Å²) in [5.41, 5.74) is 2.22. The number of ether oxygens (including phenoxy) is 1. The Balaban J connectivity index is 1.76. The Labute approximate surface area is 141 Å². The van der Waals surface area contributed by atoms with Crippen molar-refractivity contribution in [1.82, 2.24) is 0 Å². The monoisotopic (exact) mass is 324 g/mol. The maximum absolute atomic E-state index is 12.9. The Morgan fingerprint density at radius 3 is 2.67 bits per heavy atom. The second-order valence-electron chi connectivity index (χ2n) is 6.37. The van der Waals surface area contributed by atoms with E-state index in [9.17, 15) is 9.59 Å². The number of carbonyl (C=O) groups is 2. The first kappa shape index (κ1) is 16.2. The SMILES string of the molecule is C[C@]1(c2ccccc2)Cc2cc(OCCCC(=O)O)ccc2C1=O. The second-order valence-corrected chi connectivity index (χ2v) is 6.37. The van der Waals surface area contributed by atoms with Crippen LogP contribution in [-0.4, -0.2) is 23.5 Å². The van der Waals surface area contributed by atoms with Gasteiger partial charge in [-0.1, -0.05) is 30.3 Å². The van der Waals surface area contributed by atoms with E-state index in [1.807, 2.05) is 49.4 Å². The first-order chi connectivity index (χ1) is 11.5. The average Bonchev–Trinajstić information content (AvgIpc) is 2.84. The van der Waals surface area contributed by atoms with E-state index in [2.05, 4.69) is 0 Å². The normalized spacial score (nSPS) is 19.1. The number of hydrogen-bond donors (Lipinski definition) is 1. The van der Waals surface area contributed by atoms with Crippen molar-refractivity contribution < 1.29 is 19.4 Å². The number of aliphatic carboxylic acids is 1. The first-order valence-corrected chi connectivity index (χ1v) is 8.08. The van der Waals surface area contributed by atoms with Crippen molar-refractivity contribution in [3.8, 4) is 5.75 Å². The molecule has 0 radical (unpaired) electrons. The molecule has 0 bridgehead atoms. The number of ketones is 1. The summed E-state index contributed by atoms with van der Waals surface area (Å²) >= 11 is 0. The molecule has 1 N–H and O–H groups in total. The Morgan fingerprint density at radius 2 is 1.96 bits per heavy atom. The van der Waals surface area contributed by atoms with Crippen LogP contribution in [0.2, 0.25) is 0 Å². The van der Waals surface area contributed by atoms with Crippen LogP contribution in [0.1, 0.15) is 41.3 Å². The Kier molecular flexibility index (Phi) is 4.38. The first-order valence-electron chi connectivity index (χ1n) is 8.08. The standard InChI is InChI=1S/C20H20O4/c1-20(15-6-3-2-4-7-15)13-14-12-16(9-10-17(14)19(20)23)24-11-5-8-18(21)22/h2-4,6-7,9-10,12H,5,8,11,13H2,1H3,(H,21,22)/t20-/m1/s1. The van der Waals surface area contributed by atoms with Gasteiger partial charge in [0.25, 0.3) is 0 Å². The van der Waals surface area contributed by atoms with Crippen LogP contribution in [0.25, 0.3) is 0 Å². The van der Waals surface area contributed by atoms with Crippen molar-refractivity contribution >= 4 is 11.8 Å². The maximum Gasteiger partial charge on any atom is 0.303 e. The minimum absolute atomic E-state index is 0.0928. The molecule has 0 unspecified atom stereocenters. The van der Waals surface area contributed by atoms with E-state index in [1.54, 1.807) is 6.07 Å². The molecule has 4 heteroatoms. The summed E-state index contributed by atoms with van der Waals surface area (Å²) in [6.45, 7) is 2.34. The Bertz CT molecular complexity index is 766. The molecule has 1 atom stereocenters. The minimum Gasteiger partial charge on any atom is -0.494 e. The van der Waals surface area contributed by atoms with Crippen molar-refractivity contribution in [1.29, 1.82) is 0 Å². The molecule has 0 saturated heterocycles. The van der Waals surface area contributed by atoms with Crippen LogP contribution < -0.4 is 4.74 Å². The molecule has 0 aliphatic heterocycles. The number of carboxylic acid groups (broad SMARTS) is 1. The molecule has 0 aromatic heterocycles. The van der Waals surface area contributed by atoms with E-state index in [0.29, 0.717) is 25.2 Å². The van der Waals surface area contributed by atoms with Crippen LogP contribution in [0.4, 0.5) is 0 Å². The fourth-order valence-electron chi connectivity index (χ4n) is 3.24. The third-order valence-corrected chi connectivity index (χ3v) is 4.58. The van der Waals surface area contributed by atoms with Gasteiger partial charge in [-0.05, 0) is 49.1 Å².